The summed E-state index contributed by atoms with van der Waals surface area (Å²) in [5.41, 5.74) is -0.0581. The Labute approximate surface area is 96.9 Å². The molecule has 0 saturated heterocycles. The smallest absolute Gasteiger partial charge is 0.271 e. The van der Waals surface area contributed by atoms with Gasteiger partial charge in [0, 0.05) is 29.3 Å². The first kappa shape index (κ1) is 12.2. The summed E-state index contributed by atoms with van der Waals surface area (Å²) in [6, 6.07) is 3.73. The molecule has 1 aromatic carbocycles. The van der Waals surface area contributed by atoms with E-state index in [1.54, 1.807) is 0 Å². The Balaban J connectivity index is 3.00. The van der Waals surface area contributed by atoms with E-state index >= 15 is 0 Å². The highest BCUT2D eigenvalue weighted by molar-refractivity contribution is 6.31. The average Bonchev–Trinajstić information content (AvgIpc) is 2.24. The normalized spacial score (nSPS) is 9.56. The standard InChI is InChI=1S/C10H9ClN2O3/c1-2-3-12-10(14)7-4-8(11)6-9(5-7)13(15)16/h2,4-6H,1,3H2,(H,12,14). The highest BCUT2D eigenvalue weighted by Crippen LogP contribution is 2.20. The molecular formula is C10H9ClN2O3. The van der Waals surface area contributed by atoms with Gasteiger partial charge in [-0.15, -0.1) is 6.58 Å². The predicted octanol–water partition coefficient (Wildman–Crippen LogP) is 2.16. The molecule has 0 unspecified atom stereocenters. The number of halogens is 1. The molecule has 0 radical (unpaired) electrons. The molecule has 0 fully saturated rings. The lowest BCUT2D eigenvalue weighted by atomic mass is 10.2. The summed E-state index contributed by atoms with van der Waals surface area (Å²) in [6.07, 6.45) is 1.51. The number of amides is 1. The fourth-order valence-electron chi connectivity index (χ4n) is 1.08. The molecule has 0 aromatic heterocycles. The zero-order valence-electron chi connectivity index (χ0n) is 8.27. The number of nitro benzene ring substituents is 1. The molecule has 0 bridgehead atoms. The monoisotopic (exact) mass is 240 g/mol. The second kappa shape index (κ2) is 5.27. The Morgan fingerprint density at radius 2 is 2.25 bits per heavy atom. The number of nitrogens with zero attached hydrogens (tertiary/aromatic N) is 1. The van der Waals surface area contributed by atoms with Crippen molar-refractivity contribution >= 4 is 23.2 Å². The molecule has 0 aliphatic rings. The van der Waals surface area contributed by atoms with Crippen molar-refractivity contribution < 1.29 is 9.72 Å². The molecule has 0 aliphatic carbocycles. The Hall–Kier alpha value is -1.88. The number of non-ortho nitro benzene ring substituents is 1. The van der Waals surface area contributed by atoms with Crippen LogP contribution in [0.1, 0.15) is 10.4 Å². The third-order valence-corrected chi connectivity index (χ3v) is 1.98. The van der Waals surface area contributed by atoms with E-state index in [1.165, 1.54) is 24.3 Å². The lowest BCUT2D eigenvalue weighted by Crippen LogP contribution is -2.23. The van der Waals surface area contributed by atoms with Gasteiger partial charge in [0.05, 0.1) is 4.92 Å². The van der Waals surface area contributed by atoms with Gasteiger partial charge in [-0.25, -0.2) is 0 Å². The number of hydrogen-bond acceptors (Lipinski definition) is 3. The summed E-state index contributed by atoms with van der Waals surface area (Å²) >= 11 is 5.67. The van der Waals surface area contributed by atoms with Gasteiger partial charge >= 0.3 is 0 Å². The molecule has 0 heterocycles. The quantitative estimate of drug-likeness (QED) is 0.498. The van der Waals surface area contributed by atoms with E-state index < -0.39 is 10.8 Å². The first-order valence-corrected chi connectivity index (χ1v) is 4.76. The molecule has 0 aliphatic heterocycles. The van der Waals surface area contributed by atoms with Crippen molar-refractivity contribution in [3.63, 3.8) is 0 Å². The first-order valence-electron chi connectivity index (χ1n) is 4.38. The van der Waals surface area contributed by atoms with Crippen molar-refractivity contribution in [2.24, 2.45) is 0 Å². The molecule has 1 N–H and O–H groups in total. The molecule has 6 heteroatoms. The molecule has 84 valence electrons. The predicted molar refractivity (Wildman–Crippen MR) is 60.6 cm³/mol. The zero-order valence-corrected chi connectivity index (χ0v) is 9.03. The van der Waals surface area contributed by atoms with Crippen LogP contribution in [0.2, 0.25) is 5.02 Å². The van der Waals surface area contributed by atoms with Gasteiger partial charge in [-0.1, -0.05) is 17.7 Å². The number of benzene rings is 1. The van der Waals surface area contributed by atoms with E-state index in [-0.39, 0.29) is 16.3 Å². The third-order valence-electron chi connectivity index (χ3n) is 1.76. The van der Waals surface area contributed by atoms with Crippen LogP contribution < -0.4 is 5.32 Å². The second-order valence-electron chi connectivity index (χ2n) is 2.95. The maximum Gasteiger partial charge on any atom is 0.271 e. The van der Waals surface area contributed by atoms with E-state index in [4.69, 9.17) is 11.6 Å². The zero-order chi connectivity index (χ0) is 12.1. The molecule has 0 spiro atoms. The van der Waals surface area contributed by atoms with Crippen molar-refractivity contribution in [3.8, 4) is 0 Å². The van der Waals surface area contributed by atoms with Gasteiger partial charge in [0.15, 0.2) is 0 Å². The Morgan fingerprint density at radius 1 is 1.56 bits per heavy atom. The number of carbonyl (C=O) groups is 1. The van der Waals surface area contributed by atoms with Gasteiger partial charge in [0.25, 0.3) is 11.6 Å². The molecule has 0 saturated carbocycles. The van der Waals surface area contributed by atoms with Crippen LogP contribution in [0, 0.1) is 10.1 Å². The summed E-state index contributed by atoms with van der Waals surface area (Å²) in [7, 11) is 0. The van der Waals surface area contributed by atoms with Crippen molar-refractivity contribution in [2.45, 2.75) is 0 Å². The summed E-state index contributed by atoms with van der Waals surface area (Å²) < 4.78 is 0. The van der Waals surface area contributed by atoms with E-state index in [0.717, 1.165) is 0 Å². The van der Waals surface area contributed by atoms with Gasteiger partial charge in [-0.05, 0) is 6.07 Å². The van der Waals surface area contributed by atoms with E-state index in [9.17, 15) is 14.9 Å². The summed E-state index contributed by atoms with van der Waals surface area (Å²) in [4.78, 5) is 21.4. The van der Waals surface area contributed by atoms with Crippen molar-refractivity contribution in [3.05, 3.63) is 51.6 Å². The third kappa shape index (κ3) is 3.06. The van der Waals surface area contributed by atoms with Gasteiger partial charge in [0.1, 0.15) is 0 Å². The van der Waals surface area contributed by atoms with Gasteiger partial charge < -0.3 is 5.32 Å². The topological polar surface area (TPSA) is 72.2 Å². The first-order chi connectivity index (χ1) is 7.54. The SMILES string of the molecule is C=CCNC(=O)c1cc(Cl)cc([N+](=O)[O-])c1. The fourth-order valence-corrected chi connectivity index (χ4v) is 1.31. The van der Waals surface area contributed by atoms with Crippen molar-refractivity contribution in [1.82, 2.24) is 5.32 Å². The van der Waals surface area contributed by atoms with Crippen LogP contribution in [-0.4, -0.2) is 17.4 Å². The number of hydrogen-bond donors (Lipinski definition) is 1. The molecule has 16 heavy (non-hydrogen) atoms. The van der Waals surface area contributed by atoms with Gasteiger partial charge in [0.2, 0.25) is 0 Å². The molecule has 1 rings (SSSR count). The van der Waals surface area contributed by atoms with Crippen LogP contribution in [0.4, 0.5) is 5.69 Å². The maximum absolute atomic E-state index is 11.5. The van der Waals surface area contributed by atoms with Crippen LogP contribution in [-0.2, 0) is 0 Å². The van der Waals surface area contributed by atoms with Gasteiger partial charge in [-0.2, -0.15) is 0 Å². The summed E-state index contributed by atoms with van der Waals surface area (Å²) in [5.74, 6) is -0.425. The van der Waals surface area contributed by atoms with Crippen LogP contribution in [0.5, 0.6) is 0 Å². The van der Waals surface area contributed by atoms with E-state index in [0.29, 0.717) is 6.54 Å². The highest BCUT2D eigenvalue weighted by Gasteiger charge is 2.13. The molecule has 0 atom stereocenters. The van der Waals surface area contributed by atoms with Gasteiger partial charge in [-0.3, -0.25) is 14.9 Å². The number of rotatable bonds is 4. The second-order valence-corrected chi connectivity index (χ2v) is 3.39. The van der Waals surface area contributed by atoms with Crippen LogP contribution >= 0.6 is 11.6 Å². The van der Waals surface area contributed by atoms with Crippen LogP contribution in [0.25, 0.3) is 0 Å². The highest BCUT2D eigenvalue weighted by atomic mass is 35.5. The van der Waals surface area contributed by atoms with Crippen molar-refractivity contribution in [1.29, 1.82) is 0 Å². The summed E-state index contributed by atoms with van der Waals surface area (Å²) in [6.45, 7) is 3.73. The fraction of sp³-hybridized carbons (Fsp3) is 0.100. The summed E-state index contributed by atoms with van der Waals surface area (Å²) in [5, 5.41) is 13.2. The Kier molecular flexibility index (Phi) is 4.02. The van der Waals surface area contributed by atoms with E-state index in [1.807, 2.05) is 0 Å². The maximum atomic E-state index is 11.5. The minimum Gasteiger partial charge on any atom is -0.349 e. The molecule has 1 aromatic rings. The number of nitrogens with one attached hydrogen (secondary N) is 1. The minimum atomic E-state index is -0.601. The molecule has 1 amide bonds. The number of nitro groups is 1. The lowest BCUT2D eigenvalue weighted by molar-refractivity contribution is -0.384. The largest absolute Gasteiger partial charge is 0.349 e. The Bertz CT molecular complexity index is 446. The molecule has 5 nitrogen and oxygen atoms in total. The van der Waals surface area contributed by atoms with Crippen molar-refractivity contribution in [2.75, 3.05) is 6.54 Å². The lowest BCUT2D eigenvalue weighted by Gasteiger charge is -2.02. The number of carbonyl (C=O) groups excluding carboxylic acids is 1. The van der Waals surface area contributed by atoms with E-state index in [2.05, 4.69) is 11.9 Å². The van der Waals surface area contributed by atoms with Crippen LogP contribution in [0.15, 0.2) is 30.9 Å². The Morgan fingerprint density at radius 3 is 2.81 bits per heavy atom. The minimum absolute atomic E-state index is 0.151. The molecular weight excluding hydrogens is 232 g/mol. The average molecular weight is 241 g/mol. The van der Waals surface area contributed by atoms with Crippen LogP contribution in [0.3, 0.4) is 0 Å².